The Balaban J connectivity index is 2.12. The maximum Gasteiger partial charge on any atom is 0.101 e. The Morgan fingerprint density at radius 2 is 2.12 bits per heavy atom. The molecule has 16 heavy (non-hydrogen) atoms. The van der Waals surface area contributed by atoms with E-state index in [-0.39, 0.29) is 0 Å². The fraction of sp³-hybridized carbons (Fsp3) is 0.417. The van der Waals surface area contributed by atoms with Gasteiger partial charge in [-0.25, -0.2) is 0 Å². The molecule has 4 nitrogen and oxygen atoms in total. The summed E-state index contributed by atoms with van der Waals surface area (Å²) in [6.07, 6.45) is 1.96. The van der Waals surface area contributed by atoms with Crippen LogP contribution >= 0.6 is 0 Å². The van der Waals surface area contributed by atoms with Crippen LogP contribution in [0.2, 0.25) is 0 Å². The number of nitriles is 1. The highest BCUT2D eigenvalue weighted by Crippen LogP contribution is 2.24. The molecule has 0 bridgehead atoms. The number of anilines is 2. The second kappa shape index (κ2) is 4.86. The van der Waals surface area contributed by atoms with Gasteiger partial charge in [0, 0.05) is 19.3 Å². The molecule has 0 saturated carbocycles. The molecular formula is C12H15N3O. The number of nitrogens with zero attached hydrogens (tertiary/aromatic N) is 1. The molecule has 1 fully saturated rings. The zero-order valence-electron chi connectivity index (χ0n) is 9.07. The van der Waals surface area contributed by atoms with Crippen LogP contribution in [0.15, 0.2) is 18.2 Å². The second-order valence-electron chi connectivity index (χ2n) is 3.91. The van der Waals surface area contributed by atoms with E-state index >= 15 is 0 Å². The third-order valence-corrected chi connectivity index (χ3v) is 2.81. The number of hydrogen-bond acceptors (Lipinski definition) is 4. The molecule has 1 aromatic carbocycles. The Labute approximate surface area is 95.0 Å². The summed E-state index contributed by atoms with van der Waals surface area (Å²) in [5.41, 5.74) is 7.81. The van der Waals surface area contributed by atoms with E-state index in [0.717, 1.165) is 31.7 Å². The van der Waals surface area contributed by atoms with Crippen LogP contribution in [0.4, 0.5) is 11.4 Å². The van der Waals surface area contributed by atoms with Crippen molar-refractivity contribution < 1.29 is 4.74 Å². The van der Waals surface area contributed by atoms with E-state index in [1.54, 1.807) is 6.07 Å². The van der Waals surface area contributed by atoms with E-state index in [2.05, 4.69) is 11.4 Å². The summed E-state index contributed by atoms with van der Waals surface area (Å²) in [4.78, 5) is 0. The number of hydrogen-bond donors (Lipinski definition) is 2. The molecule has 0 unspecified atom stereocenters. The van der Waals surface area contributed by atoms with Gasteiger partial charge in [-0.1, -0.05) is 6.07 Å². The quantitative estimate of drug-likeness (QED) is 0.740. The van der Waals surface area contributed by atoms with E-state index in [1.165, 1.54) is 0 Å². The highest BCUT2D eigenvalue weighted by Gasteiger charge is 2.14. The number of nitrogen functional groups attached to an aromatic ring is 1. The molecule has 1 saturated heterocycles. The molecule has 1 aliphatic rings. The minimum atomic E-state index is 0.394. The Morgan fingerprint density at radius 3 is 2.81 bits per heavy atom. The molecule has 2 rings (SSSR count). The second-order valence-corrected chi connectivity index (χ2v) is 3.91. The lowest BCUT2D eigenvalue weighted by Crippen LogP contribution is -2.28. The fourth-order valence-electron chi connectivity index (χ4n) is 1.85. The topological polar surface area (TPSA) is 71.1 Å². The van der Waals surface area contributed by atoms with Gasteiger partial charge in [0.2, 0.25) is 0 Å². The molecule has 4 heteroatoms. The molecule has 84 valence electrons. The van der Waals surface area contributed by atoms with Gasteiger partial charge < -0.3 is 15.8 Å². The molecule has 0 aromatic heterocycles. The van der Waals surface area contributed by atoms with Crippen LogP contribution in [0.5, 0.6) is 0 Å². The van der Waals surface area contributed by atoms with Crippen molar-refractivity contribution in [3.63, 3.8) is 0 Å². The minimum Gasteiger partial charge on any atom is -0.396 e. The van der Waals surface area contributed by atoms with Crippen LogP contribution in [0, 0.1) is 11.3 Å². The van der Waals surface area contributed by atoms with E-state index in [1.807, 2.05) is 12.1 Å². The average molecular weight is 217 g/mol. The molecule has 0 aliphatic carbocycles. The van der Waals surface area contributed by atoms with Crippen molar-refractivity contribution >= 4 is 11.4 Å². The highest BCUT2D eigenvalue weighted by molar-refractivity contribution is 5.73. The first kappa shape index (κ1) is 10.8. The maximum absolute atomic E-state index is 8.87. The number of rotatable bonds is 2. The Hall–Kier alpha value is -1.73. The Kier molecular flexibility index (Phi) is 3.28. The summed E-state index contributed by atoms with van der Waals surface area (Å²) in [6, 6.07) is 7.96. The van der Waals surface area contributed by atoms with Gasteiger partial charge in [-0.2, -0.15) is 5.26 Å². The first-order valence-electron chi connectivity index (χ1n) is 5.44. The molecular weight excluding hydrogens is 202 g/mol. The van der Waals surface area contributed by atoms with Crippen LogP contribution in [-0.4, -0.2) is 19.3 Å². The minimum absolute atomic E-state index is 0.394. The van der Waals surface area contributed by atoms with Crippen LogP contribution in [0.3, 0.4) is 0 Å². The lowest BCUT2D eigenvalue weighted by Gasteiger charge is -2.24. The van der Waals surface area contributed by atoms with Gasteiger partial charge in [0.1, 0.15) is 6.07 Å². The van der Waals surface area contributed by atoms with Gasteiger partial charge in [0.05, 0.1) is 16.9 Å². The van der Waals surface area contributed by atoms with Crippen molar-refractivity contribution in [3.8, 4) is 6.07 Å². The van der Waals surface area contributed by atoms with Crippen LogP contribution < -0.4 is 11.1 Å². The lowest BCUT2D eigenvalue weighted by molar-refractivity contribution is 0.0904. The zero-order chi connectivity index (χ0) is 11.4. The number of para-hydroxylation sites is 1. The van der Waals surface area contributed by atoms with Crippen molar-refractivity contribution in [2.75, 3.05) is 24.3 Å². The maximum atomic E-state index is 8.87. The van der Waals surface area contributed by atoms with Crippen molar-refractivity contribution in [1.82, 2.24) is 0 Å². The average Bonchev–Trinajstić information content (AvgIpc) is 2.33. The van der Waals surface area contributed by atoms with Gasteiger partial charge in [0.25, 0.3) is 0 Å². The number of nitrogens with one attached hydrogen (secondary N) is 1. The third-order valence-electron chi connectivity index (χ3n) is 2.81. The molecule has 0 spiro atoms. The van der Waals surface area contributed by atoms with Crippen LogP contribution in [-0.2, 0) is 4.74 Å². The summed E-state index contributed by atoms with van der Waals surface area (Å²) in [5, 5.41) is 12.2. The van der Waals surface area contributed by atoms with Gasteiger partial charge in [0.15, 0.2) is 0 Å². The standard InChI is InChI=1S/C12H15N3O/c13-8-9-2-1-3-11(12(9)14)15-10-4-6-16-7-5-10/h1-3,10,15H,4-7,14H2. The monoisotopic (exact) mass is 217 g/mol. The summed E-state index contributed by atoms with van der Waals surface area (Å²) < 4.78 is 5.29. The van der Waals surface area contributed by atoms with Gasteiger partial charge in [-0.3, -0.25) is 0 Å². The number of nitrogens with two attached hydrogens (primary N) is 1. The van der Waals surface area contributed by atoms with E-state index in [0.29, 0.717) is 17.3 Å². The van der Waals surface area contributed by atoms with Crippen molar-refractivity contribution in [1.29, 1.82) is 5.26 Å². The van der Waals surface area contributed by atoms with E-state index < -0.39 is 0 Å². The van der Waals surface area contributed by atoms with Crippen molar-refractivity contribution in [2.24, 2.45) is 0 Å². The molecule has 1 heterocycles. The van der Waals surface area contributed by atoms with E-state index in [4.69, 9.17) is 15.7 Å². The molecule has 1 aromatic rings. The van der Waals surface area contributed by atoms with Gasteiger partial charge in [-0.15, -0.1) is 0 Å². The first-order chi connectivity index (χ1) is 7.81. The Morgan fingerprint density at radius 1 is 1.38 bits per heavy atom. The third kappa shape index (κ3) is 2.26. The molecule has 0 atom stereocenters. The summed E-state index contributed by atoms with van der Waals surface area (Å²) >= 11 is 0. The van der Waals surface area contributed by atoms with Crippen LogP contribution in [0.25, 0.3) is 0 Å². The first-order valence-corrected chi connectivity index (χ1v) is 5.44. The molecule has 0 amide bonds. The molecule has 1 aliphatic heterocycles. The summed E-state index contributed by atoms with van der Waals surface area (Å²) in [5.74, 6) is 0. The normalized spacial score (nSPS) is 16.7. The van der Waals surface area contributed by atoms with Crippen molar-refractivity contribution in [2.45, 2.75) is 18.9 Å². The number of benzene rings is 1. The van der Waals surface area contributed by atoms with Crippen molar-refractivity contribution in [3.05, 3.63) is 23.8 Å². The SMILES string of the molecule is N#Cc1cccc(NC2CCOCC2)c1N. The predicted octanol–water partition coefficient (Wildman–Crippen LogP) is 1.73. The van der Waals surface area contributed by atoms with Gasteiger partial charge in [-0.05, 0) is 25.0 Å². The fourth-order valence-corrected chi connectivity index (χ4v) is 1.85. The number of ether oxygens (including phenoxy) is 1. The predicted molar refractivity (Wildman–Crippen MR) is 63.0 cm³/mol. The van der Waals surface area contributed by atoms with E-state index in [9.17, 15) is 0 Å². The zero-order valence-corrected chi connectivity index (χ0v) is 9.07. The largest absolute Gasteiger partial charge is 0.396 e. The summed E-state index contributed by atoms with van der Waals surface area (Å²) in [6.45, 7) is 1.57. The molecule has 0 radical (unpaired) electrons. The summed E-state index contributed by atoms with van der Waals surface area (Å²) in [7, 11) is 0. The lowest BCUT2D eigenvalue weighted by atomic mass is 10.1. The smallest absolute Gasteiger partial charge is 0.101 e. The highest BCUT2D eigenvalue weighted by atomic mass is 16.5. The van der Waals surface area contributed by atoms with Crippen LogP contribution in [0.1, 0.15) is 18.4 Å². The Bertz CT molecular complexity index is 405. The molecule has 3 N–H and O–H groups in total. The van der Waals surface area contributed by atoms with Gasteiger partial charge >= 0.3 is 0 Å².